The van der Waals surface area contributed by atoms with E-state index in [0.29, 0.717) is 12.8 Å². The molecule has 3 nitrogen and oxygen atoms in total. The first kappa shape index (κ1) is 10.1. The van der Waals surface area contributed by atoms with Crippen LogP contribution in [-0.4, -0.2) is 19.4 Å². The van der Waals surface area contributed by atoms with Crippen LogP contribution in [0.2, 0.25) is 0 Å². The second-order valence-electron chi connectivity index (χ2n) is 2.63. The largest absolute Gasteiger partial charge is 0.469 e. The zero-order valence-corrected chi connectivity index (χ0v) is 7.00. The van der Waals surface area contributed by atoms with Crippen molar-refractivity contribution in [3.8, 4) is 0 Å². The minimum Gasteiger partial charge on any atom is -0.469 e. The molecule has 0 saturated heterocycles. The van der Waals surface area contributed by atoms with Gasteiger partial charge >= 0.3 is 5.97 Å². The van der Waals surface area contributed by atoms with E-state index in [0.717, 1.165) is 12.7 Å². The fraction of sp³-hybridized carbons (Fsp3) is 0.750. The summed E-state index contributed by atoms with van der Waals surface area (Å²) < 4.78 is 4.47. The predicted octanol–water partition coefficient (Wildman–Crippen LogP) is 1.16. The van der Waals surface area contributed by atoms with Gasteiger partial charge in [-0.3, -0.25) is 4.79 Å². The highest BCUT2D eigenvalue weighted by Crippen LogP contribution is 2.09. The summed E-state index contributed by atoms with van der Waals surface area (Å²) in [6, 6.07) is 0. The number of hydrogen-bond acceptors (Lipinski definition) is 3. The number of esters is 1. The van der Waals surface area contributed by atoms with Crippen molar-refractivity contribution in [3.63, 3.8) is 0 Å². The Morgan fingerprint density at radius 1 is 1.64 bits per heavy atom. The smallest absolute Gasteiger partial charge is 0.305 e. The maximum absolute atomic E-state index is 10.7. The van der Waals surface area contributed by atoms with Crippen LogP contribution in [0.25, 0.3) is 0 Å². The van der Waals surface area contributed by atoms with Gasteiger partial charge in [-0.05, 0) is 12.3 Å². The van der Waals surface area contributed by atoms with Crippen LogP contribution in [0.5, 0.6) is 0 Å². The van der Waals surface area contributed by atoms with Crippen LogP contribution in [0.4, 0.5) is 0 Å². The SMILES string of the molecule is COC(=O)CC(C)CCC=O. The lowest BCUT2D eigenvalue weighted by Gasteiger charge is -2.06. The number of methoxy groups -OCH3 is 1. The average Bonchev–Trinajstić information content (AvgIpc) is 2.00. The first-order valence-electron chi connectivity index (χ1n) is 3.71. The topological polar surface area (TPSA) is 43.4 Å². The van der Waals surface area contributed by atoms with E-state index < -0.39 is 0 Å². The van der Waals surface area contributed by atoms with E-state index in [-0.39, 0.29) is 11.9 Å². The van der Waals surface area contributed by atoms with Gasteiger partial charge in [-0.15, -0.1) is 0 Å². The minimum atomic E-state index is -0.205. The van der Waals surface area contributed by atoms with Gasteiger partial charge in [-0.1, -0.05) is 6.92 Å². The monoisotopic (exact) mass is 158 g/mol. The summed E-state index contributed by atoms with van der Waals surface area (Å²) in [6.45, 7) is 1.93. The van der Waals surface area contributed by atoms with Gasteiger partial charge in [0.2, 0.25) is 0 Å². The van der Waals surface area contributed by atoms with Crippen molar-refractivity contribution in [2.24, 2.45) is 5.92 Å². The van der Waals surface area contributed by atoms with E-state index in [9.17, 15) is 9.59 Å². The Morgan fingerprint density at radius 2 is 2.27 bits per heavy atom. The zero-order valence-electron chi connectivity index (χ0n) is 7.00. The van der Waals surface area contributed by atoms with Crippen molar-refractivity contribution in [2.45, 2.75) is 26.2 Å². The number of carbonyl (C=O) groups is 2. The molecule has 1 unspecified atom stereocenters. The highest BCUT2D eigenvalue weighted by molar-refractivity contribution is 5.69. The van der Waals surface area contributed by atoms with Gasteiger partial charge in [0.1, 0.15) is 6.29 Å². The first-order valence-corrected chi connectivity index (χ1v) is 3.71. The van der Waals surface area contributed by atoms with Crippen LogP contribution in [0, 0.1) is 5.92 Å². The molecule has 0 rings (SSSR count). The normalized spacial score (nSPS) is 12.2. The lowest BCUT2D eigenvalue weighted by molar-refractivity contribution is -0.141. The molecule has 0 N–H and O–H groups in total. The van der Waals surface area contributed by atoms with Crippen LogP contribution in [0.1, 0.15) is 26.2 Å². The van der Waals surface area contributed by atoms with Gasteiger partial charge in [0.25, 0.3) is 0 Å². The number of ether oxygens (including phenoxy) is 1. The van der Waals surface area contributed by atoms with Crippen LogP contribution < -0.4 is 0 Å². The lowest BCUT2D eigenvalue weighted by Crippen LogP contribution is -2.07. The molecule has 64 valence electrons. The molecule has 0 aliphatic heterocycles. The van der Waals surface area contributed by atoms with E-state index in [2.05, 4.69) is 4.74 Å². The van der Waals surface area contributed by atoms with Crippen LogP contribution in [-0.2, 0) is 14.3 Å². The molecular weight excluding hydrogens is 144 g/mol. The average molecular weight is 158 g/mol. The maximum atomic E-state index is 10.7. The Balaban J connectivity index is 3.42. The second-order valence-corrected chi connectivity index (χ2v) is 2.63. The first-order chi connectivity index (χ1) is 5.20. The molecule has 0 heterocycles. The van der Waals surface area contributed by atoms with Crippen LogP contribution in [0.3, 0.4) is 0 Å². The molecule has 0 aliphatic carbocycles. The summed E-state index contributed by atoms with van der Waals surface area (Å²) in [5.41, 5.74) is 0. The number of rotatable bonds is 5. The van der Waals surface area contributed by atoms with Crippen LogP contribution >= 0.6 is 0 Å². The molecule has 11 heavy (non-hydrogen) atoms. The van der Waals surface area contributed by atoms with Gasteiger partial charge in [0, 0.05) is 12.8 Å². The minimum absolute atomic E-state index is 0.205. The van der Waals surface area contributed by atoms with Gasteiger partial charge in [0.05, 0.1) is 7.11 Å². The van der Waals surface area contributed by atoms with E-state index >= 15 is 0 Å². The predicted molar refractivity (Wildman–Crippen MR) is 41.1 cm³/mol. The van der Waals surface area contributed by atoms with Crippen molar-refractivity contribution in [1.29, 1.82) is 0 Å². The van der Waals surface area contributed by atoms with Crippen molar-refractivity contribution < 1.29 is 14.3 Å². The van der Waals surface area contributed by atoms with E-state index in [1.165, 1.54) is 7.11 Å². The van der Waals surface area contributed by atoms with Gasteiger partial charge in [-0.25, -0.2) is 0 Å². The lowest BCUT2D eigenvalue weighted by atomic mass is 10.0. The molecule has 0 aromatic heterocycles. The van der Waals surface area contributed by atoms with Crippen molar-refractivity contribution >= 4 is 12.3 Å². The van der Waals surface area contributed by atoms with Gasteiger partial charge in [0.15, 0.2) is 0 Å². The van der Waals surface area contributed by atoms with Crippen molar-refractivity contribution in [2.75, 3.05) is 7.11 Å². The summed E-state index contributed by atoms with van der Waals surface area (Å²) in [5.74, 6) is 0.0380. The quantitative estimate of drug-likeness (QED) is 0.445. The molecule has 0 saturated carbocycles. The molecular formula is C8H14O3. The molecule has 3 heteroatoms. The summed E-state index contributed by atoms with van der Waals surface area (Å²) in [5, 5.41) is 0. The van der Waals surface area contributed by atoms with E-state index in [1.807, 2.05) is 6.92 Å². The number of carbonyl (C=O) groups excluding carboxylic acids is 2. The number of aldehydes is 1. The Morgan fingerprint density at radius 3 is 2.73 bits per heavy atom. The van der Waals surface area contributed by atoms with E-state index in [1.54, 1.807) is 0 Å². The second kappa shape index (κ2) is 5.89. The third-order valence-electron chi connectivity index (χ3n) is 1.52. The third-order valence-corrected chi connectivity index (χ3v) is 1.52. The molecule has 0 aromatic rings. The Labute approximate surface area is 66.7 Å². The Kier molecular flexibility index (Phi) is 5.43. The molecule has 0 spiro atoms. The standard InChI is InChI=1S/C8H14O3/c1-7(4-3-5-9)6-8(10)11-2/h5,7H,3-4,6H2,1-2H3. The van der Waals surface area contributed by atoms with Gasteiger partial charge in [-0.2, -0.15) is 0 Å². The van der Waals surface area contributed by atoms with Crippen LogP contribution in [0.15, 0.2) is 0 Å². The molecule has 0 aromatic carbocycles. The molecule has 0 aliphatic rings. The fourth-order valence-corrected chi connectivity index (χ4v) is 0.822. The molecule has 0 amide bonds. The fourth-order valence-electron chi connectivity index (χ4n) is 0.822. The maximum Gasteiger partial charge on any atom is 0.305 e. The third kappa shape index (κ3) is 5.58. The zero-order chi connectivity index (χ0) is 8.69. The Bertz CT molecular complexity index is 131. The highest BCUT2D eigenvalue weighted by atomic mass is 16.5. The summed E-state index contributed by atoms with van der Waals surface area (Å²) in [4.78, 5) is 20.6. The Hall–Kier alpha value is -0.860. The summed E-state index contributed by atoms with van der Waals surface area (Å²) in [7, 11) is 1.37. The van der Waals surface area contributed by atoms with Crippen molar-refractivity contribution in [1.82, 2.24) is 0 Å². The molecule has 0 bridgehead atoms. The number of hydrogen-bond donors (Lipinski definition) is 0. The summed E-state index contributed by atoms with van der Waals surface area (Å²) in [6.07, 6.45) is 2.56. The molecule has 0 radical (unpaired) electrons. The molecule has 0 fully saturated rings. The van der Waals surface area contributed by atoms with Gasteiger partial charge < -0.3 is 9.53 Å². The summed E-state index contributed by atoms with van der Waals surface area (Å²) >= 11 is 0. The highest BCUT2D eigenvalue weighted by Gasteiger charge is 2.07. The molecule has 1 atom stereocenters. The van der Waals surface area contributed by atoms with E-state index in [4.69, 9.17) is 0 Å². The van der Waals surface area contributed by atoms with Crippen molar-refractivity contribution in [3.05, 3.63) is 0 Å².